The highest BCUT2D eigenvalue weighted by Crippen LogP contribution is 2.20. The molecule has 0 atom stereocenters. The molecule has 23 heavy (non-hydrogen) atoms. The van der Waals surface area contributed by atoms with Gasteiger partial charge in [-0.25, -0.2) is 0 Å². The molecule has 0 saturated carbocycles. The van der Waals surface area contributed by atoms with Gasteiger partial charge in [0, 0.05) is 18.2 Å². The highest BCUT2D eigenvalue weighted by Gasteiger charge is 2.10. The number of carbonyl (C=O) groups excluding carboxylic acids is 1. The van der Waals surface area contributed by atoms with E-state index in [1.165, 1.54) is 0 Å². The number of aliphatic imine (C=N–C) groups is 1. The zero-order chi connectivity index (χ0) is 16.5. The minimum absolute atomic E-state index is 0.0824. The van der Waals surface area contributed by atoms with Gasteiger partial charge >= 0.3 is 0 Å². The van der Waals surface area contributed by atoms with Crippen molar-refractivity contribution in [3.63, 3.8) is 0 Å². The second-order valence-electron chi connectivity index (χ2n) is 5.30. The van der Waals surface area contributed by atoms with Crippen LogP contribution in [0.5, 0.6) is 0 Å². The van der Waals surface area contributed by atoms with Crippen molar-refractivity contribution >= 4 is 17.7 Å². The maximum Gasteiger partial charge on any atom is 0.169 e. The van der Waals surface area contributed by atoms with E-state index >= 15 is 0 Å². The molecular formula is C21H21NO. The Morgan fingerprint density at radius 2 is 1.74 bits per heavy atom. The third-order valence-electron chi connectivity index (χ3n) is 3.37. The SMILES string of the molecule is C/C=C\C=C(/C)C=Nc1ccccc1C(=O)Cc1ccccc1. The molecule has 0 saturated heterocycles. The standard InChI is InChI=1S/C21H21NO/c1-3-4-10-17(2)16-22-20-14-9-8-13-19(20)21(23)15-18-11-6-5-7-12-18/h3-14,16H,15H2,1-2H3/b4-3-,17-10+,22-16?. The van der Waals surface area contributed by atoms with Crippen LogP contribution in [0, 0.1) is 0 Å². The van der Waals surface area contributed by atoms with Gasteiger partial charge in [0.1, 0.15) is 0 Å². The monoisotopic (exact) mass is 303 g/mol. The molecule has 0 heterocycles. The van der Waals surface area contributed by atoms with Crippen molar-refractivity contribution in [1.82, 2.24) is 0 Å². The van der Waals surface area contributed by atoms with Gasteiger partial charge in [-0.05, 0) is 37.1 Å². The number of hydrogen-bond donors (Lipinski definition) is 0. The molecule has 0 unspecified atom stereocenters. The van der Waals surface area contributed by atoms with Crippen molar-refractivity contribution < 1.29 is 4.79 Å². The number of rotatable bonds is 6. The molecule has 2 nitrogen and oxygen atoms in total. The van der Waals surface area contributed by atoms with Gasteiger partial charge in [0.05, 0.1) is 5.69 Å². The lowest BCUT2D eigenvalue weighted by atomic mass is 10.0. The minimum atomic E-state index is 0.0824. The molecule has 0 N–H and O–H groups in total. The number of carbonyl (C=O) groups is 1. The van der Waals surface area contributed by atoms with Crippen LogP contribution in [-0.2, 0) is 6.42 Å². The molecule has 2 aromatic rings. The fraction of sp³-hybridized carbons (Fsp3) is 0.143. The Bertz CT molecular complexity index is 739. The van der Waals surface area contributed by atoms with E-state index in [1.54, 1.807) is 6.21 Å². The number of nitrogens with zero attached hydrogens (tertiary/aromatic N) is 1. The van der Waals surface area contributed by atoms with E-state index in [-0.39, 0.29) is 5.78 Å². The highest BCUT2D eigenvalue weighted by molar-refractivity contribution is 6.02. The average Bonchev–Trinajstić information content (AvgIpc) is 2.59. The summed E-state index contributed by atoms with van der Waals surface area (Å²) in [5.74, 6) is 0.0824. The van der Waals surface area contributed by atoms with Gasteiger partial charge in [0.25, 0.3) is 0 Å². The van der Waals surface area contributed by atoms with E-state index in [4.69, 9.17) is 0 Å². The first-order valence-corrected chi connectivity index (χ1v) is 7.70. The Labute approximate surface area is 137 Å². The van der Waals surface area contributed by atoms with Gasteiger partial charge < -0.3 is 0 Å². The van der Waals surface area contributed by atoms with Crippen molar-refractivity contribution in [2.24, 2.45) is 4.99 Å². The van der Waals surface area contributed by atoms with Crippen LogP contribution in [0.2, 0.25) is 0 Å². The van der Waals surface area contributed by atoms with Crippen LogP contribution in [-0.4, -0.2) is 12.0 Å². The van der Waals surface area contributed by atoms with Crippen LogP contribution in [0.3, 0.4) is 0 Å². The molecule has 2 heteroatoms. The Kier molecular flexibility index (Phi) is 6.25. The third kappa shape index (κ3) is 5.19. The zero-order valence-corrected chi connectivity index (χ0v) is 13.6. The minimum Gasteiger partial charge on any atom is -0.294 e. The van der Waals surface area contributed by atoms with Crippen molar-refractivity contribution in [3.8, 4) is 0 Å². The molecule has 0 amide bonds. The summed E-state index contributed by atoms with van der Waals surface area (Å²) in [6.07, 6.45) is 8.09. The van der Waals surface area contributed by atoms with E-state index in [2.05, 4.69) is 4.99 Å². The van der Waals surface area contributed by atoms with Crippen LogP contribution in [0.25, 0.3) is 0 Å². The number of benzene rings is 2. The largest absolute Gasteiger partial charge is 0.294 e. The summed E-state index contributed by atoms with van der Waals surface area (Å²) in [7, 11) is 0. The molecule has 2 aromatic carbocycles. The Morgan fingerprint density at radius 1 is 1.04 bits per heavy atom. The summed E-state index contributed by atoms with van der Waals surface area (Å²) in [6, 6.07) is 17.3. The third-order valence-corrected chi connectivity index (χ3v) is 3.37. The molecule has 0 spiro atoms. The lowest BCUT2D eigenvalue weighted by Crippen LogP contribution is -2.03. The van der Waals surface area contributed by atoms with E-state index in [0.717, 1.165) is 11.1 Å². The molecular weight excluding hydrogens is 282 g/mol. The predicted molar refractivity (Wildman–Crippen MR) is 97.6 cm³/mol. The van der Waals surface area contributed by atoms with Gasteiger partial charge in [-0.2, -0.15) is 0 Å². The Balaban J connectivity index is 2.20. The zero-order valence-electron chi connectivity index (χ0n) is 13.6. The topological polar surface area (TPSA) is 29.4 Å². The van der Waals surface area contributed by atoms with E-state index in [9.17, 15) is 4.79 Å². The van der Waals surface area contributed by atoms with Crippen LogP contribution >= 0.6 is 0 Å². The maximum atomic E-state index is 12.6. The number of ketones is 1. The summed E-state index contributed by atoms with van der Waals surface area (Å²) in [4.78, 5) is 17.0. The van der Waals surface area contributed by atoms with Crippen LogP contribution in [0.15, 0.2) is 83.4 Å². The predicted octanol–water partition coefficient (Wildman–Crippen LogP) is 5.34. The van der Waals surface area contributed by atoms with Gasteiger partial charge in [-0.3, -0.25) is 9.79 Å². The quantitative estimate of drug-likeness (QED) is 0.402. The summed E-state index contributed by atoms with van der Waals surface area (Å²) < 4.78 is 0. The number of Topliss-reactive ketones (excluding diaryl/α,β-unsaturated/α-hetero) is 1. The Hall–Kier alpha value is -2.74. The first-order chi connectivity index (χ1) is 11.2. The summed E-state index contributed by atoms with van der Waals surface area (Å²) >= 11 is 0. The van der Waals surface area contributed by atoms with Crippen molar-refractivity contribution in [1.29, 1.82) is 0 Å². The average molecular weight is 303 g/mol. The van der Waals surface area contributed by atoms with Gasteiger partial charge in [0.15, 0.2) is 5.78 Å². The van der Waals surface area contributed by atoms with Gasteiger partial charge in [-0.1, -0.05) is 60.7 Å². The molecule has 0 radical (unpaired) electrons. The molecule has 0 fully saturated rings. The van der Waals surface area contributed by atoms with Crippen molar-refractivity contribution in [3.05, 3.63) is 89.5 Å². The molecule has 0 aliphatic rings. The number of para-hydroxylation sites is 1. The van der Waals surface area contributed by atoms with Gasteiger partial charge in [-0.15, -0.1) is 0 Å². The highest BCUT2D eigenvalue weighted by atomic mass is 16.1. The Morgan fingerprint density at radius 3 is 2.48 bits per heavy atom. The van der Waals surface area contributed by atoms with Crippen LogP contribution in [0.4, 0.5) is 5.69 Å². The second-order valence-corrected chi connectivity index (χ2v) is 5.30. The molecule has 116 valence electrons. The second kappa shape index (κ2) is 8.64. The fourth-order valence-electron chi connectivity index (χ4n) is 2.16. The first kappa shape index (κ1) is 16.6. The first-order valence-electron chi connectivity index (χ1n) is 7.70. The molecule has 0 aromatic heterocycles. The van der Waals surface area contributed by atoms with E-state index in [1.807, 2.05) is 86.7 Å². The molecule has 2 rings (SSSR count). The maximum absolute atomic E-state index is 12.6. The smallest absolute Gasteiger partial charge is 0.169 e. The van der Waals surface area contributed by atoms with Crippen molar-refractivity contribution in [2.75, 3.05) is 0 Å². The molecule has 0 aliphatic heterocycles. The van der Waals surface area contributed by atoms with Gasteiger partial charge in [0.2, 0.25) is 0 Å². The van der Waals surface area contributed by atoms with Crippen molar-refractivity contribution in [2.45, 2.75) is 20.3 Å². The summed E-state index contributed by atoms with van der Waals surface area (Å²) in [6.45, 7) is 3.95. The van der Waals surface area contributed by atoms with E-state index in [0.29, 0.717) is 17.7 Å². The van der Waals surface area contributed by atoms with Crippen LogP contribution in [0.1, 0.15) is 29.8 Å². The summed E-state index contributed by atoms with van der Waals surface area (Å²) in [5.41, 5.74) is 3.42. The molecule has 0 bridgehead atoms. The lowest BCUT2D eigenvalue weighted by Gasteiger charge is -2.05. The number of hydrogen-bond acceptors (Lipinski definition) is 2. The normalized spacial score (nSPS) is 12.2. The molecule has 0 aliphatic carbocycles. The lowest BCUT2D eigenvalue weighted by molar-refractivity contribution is 0.0993. The summed E-state index contributed by atoms with van der Waals surface area (Å²) in [5, 5.41) is 0. The number of allylic oxidation sites excluding steroid dienone is 4. The fourth-order valence-corrected chi connectivity index (χ4v) is 2.16. The van der Waals surface area contributed by atoms with E-state index < -0.39 is 0 Å². The van der Waals surface area contributed by atoms with Crippen LogP contribution < -0.4 is 0 Å².